The number of hydrogen-bond acceptors (Lipinski definition) is 8. The monoisotopic (exact) mass is 391 g/mol. The van der Waals surface area contributed by atoms with Crippen LogP contribution in [0.25, 0.3) is 0 Å². The van der Waals surface area contributed by atoms with Crippen LogP contribution in [-0.2, 0) is 0 Å². The molecule has 0 spiro atoms. The Morgan fingerprint density at radius 2 is 1.72 bits per heavy atom. The normalized spacial score (nSPS) is 14.2. The lowest BCUT2D eigenvalue weighted by molar-refractivity contribution is 0.242. The van der Waals surface area contributed by atoms with Gasteiger partial charge in [-0.25, -0.2) is 4.98 Å². The molecule has 2 aromatic heterocycles. The van der Waals surface area contributed by atoms with E-state index in [1.807, 2.05) is 62.5 Å². The van der Waals surface area contributed by atoms with Gasteiger partial charge in [-0.2, -0.15) is 10.1 Å². The lowest BCUT2D eigenvalue weighted by Gasteiger charge is -2.35. The van der Waals surface area contributed by atoms with Crippen LogP contribution < -0.4 is 19.9 Å². The highest BCUT2D eigenvalue weighted by Crippen LogP contribution is 2.21. The van der Waals surface area contributed by atoms with E-state index in [1.165, 1.54) is 0 Å². The van der Waals surface area contributed by atoms with Crippen molar-refractivity contribution in [2.45, 2.75) is 20.0 Å². The fraction of sp³-hybridized carbons (Fsp3) is 0.333. The molecular formula is C21H25N7O. The maximum absolute atomic E-state index is 5.68. The summed E-state index contributed by atoms with van der Waals surface area (Å²) < 4.78 is 5.68. The Morgan fingerprint density at radius 3 is 2.41 bits per heavy atom. The van der Waals surface area contributed by atoms with E-state index in [4.69, 9.17) is 4.74 Å². The third-order valence-electron chi connectivity index (χ3n) is 4.58. The molecule has 0 unspecified atom stereocenters. The standard InChI is InChI=1S/C21H25N7O/c1-16(2)29-18-8-6-17(7-9-18)24-19-15-23-26-21(25-19)28-13-11-27(12-14-28)20-5-3-4-10-22-20/h3-10,15-16H,11-14H2,1-2H3,(H,24,25,26). The summed E-state index contributed by atoms with van der Waals surface area (Å²) in [5.41, 5.74) is 0.924. The van der Waals surface area contributed by atoms with Crippen LogP contribution in [0.2, 0.25) is 0 Å². The minimum absolute atomic E-state index is 0.153. The van der Waals surface area contributed by atoms with E-state index in [9.17, 15) is 0 Å². The van der Waals surface area contributed by atoms with Crippen LogP contribution in [0.1, 0.15) is 13.8 Å². The van der Waals surface area contributed by atoms with Crippen molar-refractivity contribution in [3.63, 3.8) is 0 Å². The number of nitrogens with zero attached hydrogens (tertiary/aromatic N) is 6. The van der Waals surface area contributed by atoms with Gasteiger partial charge in [0.15, 0.2) is 5.82 Å². The summed E-state index contributed by atoms with van der Waals surface area (Å²) >= 11 is 0. The Bertz CT molecular complexity index is 910. The third-order valence-corrected chi connectivity index (χ3v) is 4.58. The average molecular weight is 391 g/mol. The molecule has 1 saturated heterocycles. The summed E-state index contributed by atoms with van der Waals surface area (Å²) in [4.78, 5) is 13.5. The lowest BCUT2D eigenvalue weighted by atomic mass is 10.3. The molecule has 1 aliphatic rings. The lowest BCUT2D eigenvalue weighted by Crippen LogP contribution is -2.47. The van der Waals surface area contributed by atoms with Crippen molar-refractivity contribution in [2.75, 3.05) is 41.3 Å². The van der Waals surface area contributed by atoms with Gasteiger partial charge in [-0.3, -0.25) is 0 Å². The molecule has 0 atom stereocenters. The van der Waals surface area contributed by atoms with Crippen LogP contribution in [-0.4, -0.2) is 52.4 Å². The number of nitrogens with one attached hydrogen (secondary N) is 1. The molecule has 4 rings (SSSR count). The number of anilines is 4. The predicted molar refractivity (Wildman–Crippen MR) is 114 cm³/mol. The minimum atomic E-state index is 0.153. The number of pyridine rings is 1. The molecule has 1 aliphatic heterocycles. The first kappa shape index (κ1) is 18.9. The summed E-state index contributed by atoms with van der Waals surface area (Å²) in [5, 5.41) is 11.6. The molecular weight excluding hydrogens is 366 g/mol. The van der Waals surface area contributed by atoms with E-state index in [2.05, 4.69) is 35.3 Å². The van der Waals surface area contributed by atoms with Gasteiger partial charge >= 0.3 is 0 Å². The molecule has 0 saturated carbocycles. The zero-order valence-corrected chi connectivity index (χ0v) is 16.7. The van der Waals surface area contributed by atoms with E-state index in [0.717, 1.165) is 43.4 Å². The van der Waals surface area contributed by atoms with Crippen LogP contribution in [0.15, 0.2) is 54.9 Å². The Labute approximate surface area is 170 Å². The smallest absolute Gasteiger partial charge is 0.247 e. The highest BCUT2D eigenvalue weighted by Gasteiger charge is 2.20. The maximum atomic E-state index is 5.68. The second-order valence-corrected chi connectivity index (χ2v) is 7.12. The second kappa shape index (κ2) is 8.72. The Kier molecular flexibility index (Phi) is 5.69. The Hall–Kier alpha value is -3.42. The first-order valence-corrected chi connectivity index (χ1v) is 9.82. The topological polar surface area (TPSA) is 79.3 Å². The van der Waals surface area contributed by atoms with Crippen molar-refractivity contribution < 1.29 is 4.74 Å². The van der Waals surface area contributed by atoms with E-state index < -0.39 is 0 Å². The van der Waals surface area contributed by atoms with Crippen LogP contribution in [0.5, 0.6) is 5.75 Å². The van der Waals surface area contributed by atoms with Crippen LogP contribution in [0.3, 0.4) is 0 Å². The molecule has 3 heterocycles. The molecule has 3 aromatic rings. The van der Waals surface area contributed by atoms with E-state index in [1.54, 1.807) is 6.20 Å². The number of ether oxygens (including phenoxy) is 1. The zero-order valence-electron chi connectivity index (χ0n) is 16.7. The summed E-state index contributed by atoms with van der Waals surface area (Å²) in [5.74, 6) is 3.15. The molecule has 0 radical (unpaired) electrons. The largest absolute Gasteiger partial charge is 0.491 e. The van der Waals surface area contributed by atoms with Gasteiger partial charge in [0.05, 0.1) is 12.3 Å². The van der Waals surface area contributed by atoms with Gasteiger partial charge in [0.1, 0.15) is 11.6 Å². The van der Waals surface area contributed by atoms with E-state index in [0.29, 0.717) is 11.8 Å². The zero-order chi connectivity index (χ0) is 20.1. The summed E-state index contributed by atoms with van der Waals surface area (Å²) in [6, 6.07) is 13.8. The van der Waals surface area contributed by atoms with Crippen molar-refractivity contribution in [1.82, 2.24) is 20.2 Å². The van der Waals surface area contributed by atoms with Gasteiger partial charge in [-0.1, -0.05) is 6.07 Å². The SMILES string of the molecule is CC(C)Oc1ccc(Nc2cnnc(N3CCN(c4ccccn4)CC3)n2)cc1. The molecule has 8 heteroatoms. The number of piperazine rings is 1. The quantitative estimate of drug-likeness (QED) is 0.687. The summed E-state index contributed by atoms with van der Waals surface area (Å²) in [6.07, 6.45) is 3.61. The number of aromatic nitrogens is 4. The van der Waals surface area contributed by atoms with Gasteiger partial charge in [0.2, 0.25) is 5.95 Å². The number of benzene rings is 1. The van der Waals surface area contributed by atoms with Crippen molar-refractivity contribution in [3.8, 4) is 5.75 Å². The summed E-state index contributed by atoms with van der Waals surface area (Å²) in [7, 11) is 0. The molecule has 0 aliphatic carbocycles. The highest BCUT2D eigenvalue weighted by molar-refractivity contribution is 5.57. The first-order chi connectivity index (χ1) is 14.2. The van der Waals surface area contributed by atoms with Crippen molar-refractivity contribution >= 4 is 23.3 Å². The molecule has 1 fully saturated rings. The number of hydrogen-bond donors (Lipinski definition) is 1. The first-order valence-electron chi connectivity index (χ1n) is 9.82. The fourth-order valence-electron chi connectivity index (χ4n) is 3.20. The van der Waals surface area contributed by atoms with Gasteiger partial charge < -0.3 is 19.9 Å². The van der Waals surface area contributed by atoms with Crippen LogP contribution >= 0.6 is 0 Å². The number of rotatable bonds is 6. The highest BCUT2D eigenvalue weighted by atomic mass is 16.5. The molecule has 8 nitrogen and oxygen atoms in total. The molecule has 29 heavy (non-hydrogen) atoms. The molecule has 1 N–H and O–H groups in total. The minimum Gasteiger partial charge on any atom is -0.491 e. The van der Waals surface area contributed by atoms with Gasteiger partial charge in [0, 0.05) is 38.1 Å². The third kappa shape index (κ3) is 4.90. The maximum Gasteiger partial charge on any atom is 0.247 e. The van der Waals surface area contributed by atoms with Crippen molar-refractivity contribution in [3.05, 3.63) is 54.9 Å². The molecule has 0 bridgehead atoms. The Balaban J connectivity index is 1.38. The van der Waals surface area contributed by atoms with Gasteiger partial charge in [-0.15, -0.1) is 5.10 Å². The van der Waals surface area contributed by atoms with Crippen molar-refractivity contribution in [1.29, 1.82) is 0 Å². The Morgan fingerprint density at radius 1 is 0.966 bits per heavy atom. The molecule has 150 valence electrons. The van der Waals surface area contributed by atoms with Gasteiger partial charge in [0.25, 0.3) is 0 Å². The van der Waals surface area contributed by atoms with E-state index in [-0.39, 0.29) is 6.10 Å². The molecule has 0 amide bonds. The van der Waals surface area contributed by atoms with Gasteiger partial charge in [-0.05, 0) is 50.2 Å². The molecule has 1 aromatic carbocycles. The van der Waals surface area contributed by atoms with E-state index >= 15 is 0 Å². The van der Waals surface area contributed by atoms with Crippen LogP contribution in [0.4, 0.5) is 23.3 Å². The second-order valence-electron chi connectivity index (χ2n) is 7.12. The summed E-state index contributed by atoms with van der Waals surface area (Å²) in [6.45, 7) is 7.41. The van der Waals surface area contributed by atoms with Crippen molar-refractivity contribution in [2.24, 2.45) is 0 Å². The average Bonchev–Trinajstić information content (AvgIpc) is 2.76. The predicted octanol–water partition coefficient (Wildman–Crippen LogP) is 3.12. The fourth-order valence-corrected chi connectivity index (χ4v) is 3.20. The van der Waals surface area contributed by atoms with Crippen LogP contribution in [0, 0.1) is 0 Å².